The second-order valence-corrected chi connectivity index (χ2v) is 5.18. The normalized spacial score (nSPS) is 14.2. The van der Waals surface area contributed by atoms with Gasteiger partial charge in [-0.3, -0.25) is 4.79 Å². The van der Waals surface area contributed by atoms with Gasteiger partial charge in [-0.1, -0.05) is 29.9 Å². The Kier molecular flexibility index (Phi) is 4.84. The zero-order valence-electron chi connectivity index (χ0n) is 10.7. The summed E-state index contributed by atoms with van der Waals surface area (Å²) in [5.41, 5.74) is 6.77. The van der Waals surface area contributed by atoms with Gasteiger partial charge in [-0.2, -0.15) is 0 Å². The monoisotopic (exact) mass is 276 g/mol. The smallest absolute Gasteiger partial charge is 0.224 e. The van der Waals surface area contributed by atoms with Crippen molar-refractivity contribution in [3.63, 3.8) is 0 Å². The molecule has 19 heavy (non-hydrogen) atoms. The average molecular weight is 277 g/mol. The molecule has 100 valence electrons. The minimum absolute atomic E-state index is 0.0303. The first-order valence-corrected chi connectivity index (χ1v) is 6.85. The van der Waals surface area contributed by atoms with Gasteiger partial charge in [0.1, 0.15) is 0 Å². The Bertz CT molecular complexity index is 527. The highest BCUT2D eigenvalue weighted by Gasteiger charge is 2.20. The first kappa shape index (κ1) is 13.9. The standard InChI is InChI=1S/C15H17ClN2O/c16-13-7-6-12(5-2-8-17)14(10-13)18-15(19)9-11-3-1-4-11/h6-7,10-11H,1,3-4,8-9,17H2,(H,18,19). The molecule has 2 rings (SSSR count). The minimum atomic E-state index is 0.0303. The third kappa shape index (κ3) is 3.99. The van der Waals surface area contributed by atoms with Crippen LogP contribution in [0.15, 0.2) is 18.2 Å². The third-order valence-electron chi connectivity index (χ3n) is 3.28. The van der Waals surface area contributed by atoms with Gasteiger partial charge < -0.3 is 11.1 Å². The zero-order chi connectivity index (χ0) is 13.7. The quantitative estimate of drug-likeness (QED) is 0.834. The fourth-order valence-electron chi connectivity index (χ4n) is 2.04. The van der Waals surface area contributed by atoms with E-state index in [1.807, 2.05) is 0 Å². The van der Waals surface area contributed by atoms with Crippen molar-refractivity contribution in [3.05, 3.63) is 28.8 Å². The van der Waals surface area contributed by atoms with Crippen molar-refractivity contribution in [2.24, 2.45) is 11.7 Å². The molecular formula is C15H17ClN2O. The van der Waals surface area contributed by atoms with Gasteiger partial charge in [-0.25, -0.2) is 0 Å². The molecular weight excluding hydrogens is 260 g/mol. The van der Waals surface area contributed by atoms with Gasteiger partial charge in [0.05, 0.1) is 12.2 Å². The van der Waals surface area contributed by atoms with Crippen LogP contribution < -0.4 is 11.1 Å². The molecule has 1 amide bonds. The van der Waals surface area contributed by atoms with Crippen LogP contribution in [0.25, 0.3) is 0 Å². The summed E-state index contributed by atoms with van der Waals surface area (Å²) in [5, 5.41) is 3.47. The van der Waals surface area contributed by atoms with E-state index in [2.05, 4.69) is 17.2 Å². The number of rotatable bonds is 3. The topological polar surface area (TPSA) is 55.1 Å². The summed E-state index contributed by atoms with van der Waals surface area (Å²) in [6.07, 6.45) is 4.13. The Morgan fingerprint density at radius 1 is 1.47 bits per heavy atom. The summed E-state index contributed by atoms with van der Waals surface area (Å²) in [7, 11) is 0. The predicted molar refractivity (Wildman–Crippen MR) is 78.0 cm³/mol. The molecule has 0 spiro atoms. The van der Waals surface area contributed by atoms with Crippen LogP contribution in [0.2, 0.25) is 5.02 Å². The number of benzene rings is 1. The summed E-state index contributed by atoms with van der Waals surface area (Å²) in [6, 6.07) is 5.27. The number of halogens is 1. The lowest BCUT2D eigenvalue weighted by molar-refractivity contribution is -0.117. The summed E-state index contributed by atoms with van der Waals surface area (Å²) < 4.78 is 0. The average Bonchev–Trinajstić information content (AvgIpc) is 2.33. The number of carbonyl (C=O) groups excluding carboxylic acids is 1. The summed E-state index contributed by atoms with van der Waals surface area (Å²) in [6.45, 7) is 0.290. The molecule has 0 aliphatic heterocycles. The lowest BCUT2D eigenvalue weighted by atomic mass is 9.83. The largest absolute Gasteiger partial charge is 0.325 e. The molecule has 1 fully saturated rings. The van der Waals surface area contributed by atoms with Gasteiger partial charge in [0.15, 0.2) is 0 Å². The molecule has 0 bridgehead atoms. The van der Waals surface area contributed by atoms with Gasteiger partial charge in [-0.05, 0) is 37.0 Å². The molecule has 0 heterocycles. The predicted octanol–water partition coefficient (Wildman–Crippen LogP) is 2.78. The molecule has 0 aromatic heterocycles. The molecule has 1 aromatic rings. The molecule has 0 atom stereocenters. The molecule has 1 saturated carbocycles. The highest BCUT2D eigenvalue weighted by atomic mass is 35.5. The zero-order valence-corrected chi connectivity index (χ0v) is 11.5. The summed E-state index contributed by atoms with van der Waals surface area (Å²) in [5.74, 6) is 6.29. The molecule has 3 N–H and O–H groups in total. The molecule has 1 aromatic carbocycles. The second-order valence-electron chi connectivity index (χ2n) is 4.75. The van der Waals surface area contributed by atoms with Crippen LogP contribution in [0.4, 0.5) is 5.69 Å². The highest BCUT2D eigenvalue weighted by Crippen LogP contribution is 2.30. The fourth-order valence-corrected chi connectivity index (χ4v) is 2.21. The fraction of sp³-hybridized carbons (Fsp3) is 0.400. The van der Waals surface area contributed by atoms with Crippen LogP contribution in [0.1, 0.15) is 31.2 Å². The molecule has 0 saturated heterocycles. The van der Waals surface area contributed by atoms with E-state index >= 15 is 0 Å². The Balaban J connectivity index is 2.08. The van der Waals surface area contributed by atoms with E-state index in [9.17, 15) is 4.79 Å². The van der Waals surface area contributed by atoms with Crippen molar-refractivity contribution in [2.75, 3.05) is 11.9 Å². The van der Waals surface area contributed by atoms with Crippen molar-refractivity contribution in [1.29, 1.82) is 0 Å². The van der Waals surface area contributed by atoms with Crippen LogP contribution in [0, 0.1) is 17.8 Å². The van der Waals surface area contributed by atoms with Gasteiger partial charge in [0.25, 0.3) is 0 Å². The van der Waals surface area contributed by atoms with E-state index in [0.717, 1.165) is 18.4 Å². The van der Waals surface area contributed by atoms with Gasteiger partial charge in [0.2, 0.25) is 5.91 Å². The van der Waals surface area contributed by atoms with Crippen molar-refractivity contribution in [1.82, 2.24) is 0 Å². The van der Waals surface area contributed by atoms with Crippen molar-refractivity contribution < 1.29 is 4.79 Å². The third-order valence-corrected chi connectivity index (χ3v) is 3.51. The molecule has 3 nitrogen and oxygen atoms in total. The second kappa shape index (κ2) is 6.60. The number of hydrogen-bond donors (Lipinski definition) is 2. The molecule has 0 radical (unpaired) electrons. The van der Waals surface area contributed by atoms with Crippen molar-refractivity contribution in [3.8, 4) is 11.8 Å². The maximum absolute atomic E-state index is 11.9. The highest BCUT2D eigenvalue weighted by molar-refractivity contribution is 6.31. The van der Waals surface area contributed by atoms with E-state index in [1.165, 1.54) is 6.42 Å². The van der Waals surface area contributed by atoms with Crippen molar-refractivity contribution in [2.45, 2.75) is 25.7 Å². The van der Waals surface area contributed by atoms with Crippen LogP contribution in [0.3, 0.4) is 0 Å². The first-order chi connectivity index (χ1) is 9.19. The van der Waals surface area contributed by atoms with E-state index < -0.39 is 0 Å². The van der Waals surface area contributed by atoms with Crippen LogP contribution >= 0.6 is 11.6 Å². The number of carbonyl (C=O) groups is 1. The van der Waals surface area contributed by atoms with Crippen LogP contribution in [-0.4, -0.2) is 12.5 Å². The maximum Gasteiger partial charge on any atom is 0.224 e. The minimum Gasteiger partial charge on any atom is -0.325 e. The van der Waals surface area contributed by atoms with E-state index in [1.54, 1.807) is 18.2 Å². The lowest BCUT2D eigenvalue weighted by Gasteiger charge is -2.24. The van der Waals surface area contributed by atoms with Crippen LogP contribution in [0.5, 0.6) is 0 Å². The van der Waals surface area contributed by atoms with Crippen LogP contribution in [-0.2, 0) is 4.79 Å². The molecule has 1 aliphatic rings. The SMILES string of the molecule is NCC#Cc1ccc(Cl)cc1NC(=O)CC1CCC1. The van der Waals surface area contributed by atoms with E-state index in [-0.39, 0.29) is 12.5 Å². The molecule has 1 aliphatic carbocycles. The first-order valence-electron chi connectivity index (χ1n) is 6.47. The summed E-state index contributed by atoms with van der Waals surface area (Å²) in [4.78, 5) is 11.9. The van der Waals surface area contributed by atoms with Gasteiger partial charge in [-0.15, -0.1) is 0 Å². The van der Waals surface area contributed by atoms with E-state index in [4.69, 9.17) is 17.3 Å². The lowest BCUT2D eigenvalue weighted by Crippen LogP contribution is -2.21. The molecule has 4 heteroatoms. The Morgan fingerprint density at radius 2 is 2.26 bits per heavy atom. The van der Waals surface area contributed by atoms with Crippen molar-refractivity contribution >= 4 is 23.2 Å². The number of anilines is 1. The molecule has 0 unspecified atom stereocenters. The maximum atomic E-state index is 11.9. The number of amides is 1. The van der Waals surface area contributed by atoms with Gasteiger partial charge in [0, 0.05) is 17.0 Å². The Morgan fingerprint density at radius 3 is 2.89 bits per heavy atom. The number of nitrogens with two attached hydrogens (primary N) is 1. The summed E-state index contributed by atoms with van der Waals surface area (Å²) >= 11 is 5.95. The number of nitrogens with one attached hydrogen (secondary N) is 1. The Hall–Kier alpha value is -1.50. The van der Waals surface area contributed by atoms with Gasteiger partial charge >= 0.3 is 0 Å². The van der Waals surface area contributed by atoms with E-state index in [0.29, 0.717) is 23.0 Å². The Labute approximate surface area is 118 Å². The number of hydrogen-bond acceptors (Lipinski definition) is 2.